The van der Waals surface area contributed by atoms with E-state index in [1.54, 1.807) is 14.2 Å². The minimum atomic E-state index is -0.226. The van der Waals surface area contributed by atoms with Gasteiger partial charge in [-0.25, -0.2) is 0 Å². The Labute approximate surface area is 123 Å². The van der Waals surface area contributed by atoms with Crippen molar-refractivity contribution in [1.82, 2.24) is 0 Å². The molecule has 0 N–H and O–H groups in total. The summed E-state index contributed by atoms with van der Waals surface area (Å²) in [6.07, 6.45) is 2.84. The van der Waals surface area contributed by atoms with E-state index in [-0.39, 0.29) is 35.2 Å². The maximum absolute atomic E-state index is 12.1. The van der Waals surface area contributed by atoms with Gasteiger partial charge in [0.25, 0.3) is 0 Å². The summed E-state index contributed by atoms with van der Waals surface area (Å²) in [5.74, 6) is 1.27. The Morgan fingerprint density at radius 1 is 0.857 bits per heavy atom. The van der Waals surface area contributed by atoms with Crippen LogP contribution in [0.15, 0.2) is 30.4 Å². The van der Waals surface area contributed by atoms with Gasteiger partial charge in [-0.1, -0.05) is 13.0 Å². The molecule has 0 amide bonds. The van der Waals surface area contributed by atoms with E-state index >= 15 is 0 Å². The first-order chi connectivity index (χ1) is 10.1. The minimum absolute atomic E-state index is 0.0532. The fourth-order valence-corrected chi connectivity index (χ4v) is 3.70. The largest absolute Gasteiger partial charge is 0.493 e. The summed E-state index contributed by atoms with van der Waals surface area (Å²) in [7, 11) is 3.18. The molecule has 0 aromatic heterocycles. The lowest BCUT2D eigenvalue weighted by molar-refractivity contribution is -0.141. The van der Waals surface area contributed by atoms with Crippen molar-refractivity contribution in [3.05, 3.63) is 35.9 Å². The second-order valence-electron chi connectivity index (χ2n) is 5.69. The predicted octanol–water partition coefficient (Wildman–Crippen LogP) is 2.38. The first-order valence-corrected chi connectivity index (χ1v) is 7.06. The van der Waals surface area contributed by atoms with Crippen LogP contribution in [0, 0.1) is 17.8 Å². The van der Waals surface area contributed by atoms with Gasteiger partial charge < -0.3 is 9.47 Å². The molecular formula is C17H18O4. The highest BCUT2D eigenvalue weighted by atomic mass is 16.5. The number of carbonyl (C=O) groups is 2. The smallest absolute Gasteiger partial charge is 0.160 e. The van der Waals surface area contributed by atoms with Crippen LogP contribution in [-0.2, 0) is 9.59 Å². The number of carbonyl (C=O) groups excluding carboxylic acids is 2. The van der Waals surface area contributed by atoms with Gasteiger partial charge in [0.15, 0.2) is 23.1 Å². The fourth-order valence-electron chi connectivity index (χ4n) is 3.70. The van der Waals surface area contributed by atoms with Crippen molar-refractivity contribution in [2.75, 3.05) is 14.2 Å². The molecule has 0 saturated heterocycles. The van der Waals surface area contributed by atoms with Crippen LogP contribution >= 0.6 is 0 Å². The van der Waals surface area contributed by atoms with Gasteiger partial charge in [-0.2, -0.15) is 0 Å². The number of hydrogen-bond donors (Lipinski definition) is 0. The highest BCUT2D eigenvalue weighted by Gasteiger charge is 2.55. The third-order valence-electron chi connectivity index (χ3n) is 4.77. The number of hydrogen-bond acceptors (Lipinski definition) is 4. The van der Waals surface area contributed by atoms with Crippen molar-refractivity contribution < 1.29 is 19.1 Å². The number of rotatable bonds is 3. The predicted molar refractivity (Wildman–Crippen MR) is 77.6 cm³/mol. The molecule has 110 valence electrons. The summed E-state index contributed by atoms with van der Waals surface area (Å²) in [4.78, 5) is 24.0. The molecule has 0 radical (unpaired) electrons. The Morgan fingerprint density at radius 2 is 1.48 bits per heavy atom. The molecule has 4 atom stereocenters. The van der Waals surface area contributed by atoms with E-state index in [0.29, 0.717) is 11.5 Å². The summed E-state index contributed by atoms with van der Waals surface area (Å²) >= 11 is 0. The van der Waals surface area contributed by atoms with E-state index in [9.17, 15) is 9.59 Å². The number of benzene rings is 1. The Bertz CT molecular complexity index is 632. The highest BCUT2D eigenvalue weighted by Crippen LogP contribution is 2.55. The number of methoxy groups -OCH3 is 2. The van der Waals surface area contributed by atoms with Crippen LogP contribution in [0.2, 0.25) is 0 Å². The van der Waals surface area contributed by atoms with E-state index in [1.807, 2.05) is 25.1 Å². The van der Waals surface area contributed by atoms with Crippen LogP contribution in [0.4, 0.5) is 0 Å². The number of fused-ring (bicyclic) bond motifs is 1. The summed E-state index contributed by atoms with van der Waals surface area (Å²) in [5, 5.41) is 0. The van der Waals surface area contributed by atoms with Gasteiger partial charge in [-0.3, -0.25) is 9.59 Å². The van der Waals surface area contributed by atoms with Gasteiger partial charge in [-0.05, 0) is 41.7 Å². The summed E-state index contributed by atoms with van der Waals surface area (Å²) in [6.45, 7) is 2.03. The zero-order chi connectivity index (χ0) is 15.1. The SMILES string of the molecule is COc1ccc([C@@H]2[C@@H](C)[C@H]3C(=O)C=CC(=O)[C@H]32)cc1OC. The normalized spacial score (nSPS) is 30.6. The number of ether oxygens (including phenoxy) is 2. The molecule has 1 aromatic rings. The van der Waals surface area contributed by atoms with E-state index in [0.717, 1.165) is 5.56 Å². The van der Waals surface area contributed by atoms with Gasteiger partial charge in [0, 0.05) is 11.8 Å². The van der Waals surface area contributed by atoms with Gasteiger partial charge >= 0.3 is 0 Å². The van der Waals surface area contributed by atoms with Crippen molar-refractivity contribution in [3.8, 4) is 11.5 Å². The van der Waals surface area contributed by atoms with Crippen LogP contribution in [-0.4, -0.2) is 25.8 Å². The highest BCUT2D eigenvalue weighted by molar-refractivity contribution is 6.09. The standard InChI is InChI=1S/C17H18O4/c1-9-15(17-12(19)6-5-11(18)16(9)17)10-4-7-13(20-2)14(8-10)21-3/h4-9,15-17H,1-3H3/t9-,15+,16+,17+/m1/s1. The van der Waals surface area contributed by atoms with Crippen LogP contribution in [0.1, 0.15) is 18.4 Å². The molecule has 0 heterocycles. The topological polar surface area (TPSA) is 52.6 Å². The summed E-state index contributed by atoms with van der Waals surface area (Å²) in [6, 6.07) is 5.71. The Hall–Kier alpha value is -2.10. The third-order valence-corrected chi connectivity index (χ3v) is 4.77. The molecular weight excluding hydrogens is 268 g/mol. The van der Waals surface area contributed by atoms with E-state index in [1.165, 1.54) is 12.2 Å². The Balaban J connectivity index is 1.96. The molecule has 0 spiro atoms. The molecule has 4 heteroatoms. The molecule has 0 bridgehead atoms. The lowest BCUT2D eigenvalue weighted by Gasteiger charge is -2.50. The minimum Gasteiger partial charge on any atom is -0.493 e. The summed E-state index contributed by atoms with van der Waals surface area (Å²) < 4.78 is 10.6. The molecule has 21 heavy (non-hydrogen) atoms. The lowest BCUT2D eigenvalue weighted by Crippen LogP contribution is -2.52. The zero-order valence-electron chi connectivity index (χ0n) is 12.3. The van der Waals surface area contributed by atoms with Gasteiger partial charge in [0.2, 0.25) is 0 Å². The second kappa shape index (κ2) is 5.02. The molecule has 4 nitrogen and oxygen atoms in total. The van der Waals surface area contributed by atoms with Gasteiger partial charge in [0.1, 0.15) is 0 Å². The average molecular weight is 286 g/mol. The second-order valence-corrected chi connectivity index (χ2v) is 5.69. The monoisotopic (exact) mass is 286 g/mol. The lowest BCUT2D eigenvalue weighted by atomic mass is 9.51. The van der Waals surface area contributed by atoms with Crippen LogP contribution in [0.3, 0.4) is 0 Å². The van der Waals surface area contributed by atoms with Gasteiger partial charge in [-0.15, -0.1) is 0 Å². The molecule has 2 aliphatic rings. The van der Waals surface area contributed by atoms with E-state index in [4.69, 9.17) is 9.47 Å². The molecule has 1 fully saturated rings. The van der Waals surface area contributed by atoms with Crippen molar-refractivity contribution in [3.63, 3.8) is 0 Å². The maximum Gasteiger partial charge on any atom is 0.160 e. The average Bonchev–Trinajstić information content (AvgIpc) is 2.49. The molecule has 0 aliphatic heterocycles. The van der Waals surface area contributed by atoms with Crippen LogP contribution in [0.5, 0.6) is 11.5 Å². The number of allylic oxidation sites excluding steroid dienone is 2. The third kappa shape index (κ3) is 1.97. The van der Waals surface area contributed by atoms with Gasteiger partial charge in [0.05, 0.1) is 14.2 Å². The Kier molecular flexibility index (Phi) is 3.32. The first kappa shape index (κ1) is 13.9. The van der Waals surface area contributed by atoms with E-state index in [2.05, 4.69) is 0 Å². The molecule has 2 aliphatic carbocycles. The van der Waals surface area contributed by atoms with Crippen molar-refractivity contribution >= 4 is 11.6 Å². The van der Waals surface area contributed by atoms with E-state index < -0.39 is 0 Å². The number of ketones is 2. The maximum atomic E-state index is 12.1. The molecule has 1 aromatic carbocycles. The first-order valence-electron chi connectivity index (χ1n) is 7.06. The van der Waals surface area contributed by atoms with Crippen molar-refractivity contribution in [2.24, 2.45) is 17.8 Å². The Morgan fingerprint density at radius 3 is 2.10 bits per heavy atom. The molecule has 0 unspecified atom stereocenters. The van der Waals surface area contributed by atoms with Crippen molar-refractivity contribution in [1.29, 1.82) is 0 Å². The van der Waals surface area contributed by atoms with Crippen LogP contribution < -0.4 is 9.47 Å². The molecule has 1 saturated carbocycles. The molecule has 3 rings (SSSR count). The van der Waals surface area contributed by atoms with Crippen molar-refractivity contribution in [2.45, 2.75) is 12.8 Å². The van der Waals surface area contributed by atoms with Crippen LogP contribution in [0.25, 0.3) is 0 Å². The summed E-state index contributed by atoms with van der Waals surface area (Å²) in [5.41, 5.74) is 1.03. The quantitative estimate of drug-likeness (QED) is 0.856. The zero-order valence-corrected chi connectivity index (χ0v) is 12.3. The fraction of sp³-hybridized carbons (Fsp3) is 0.412.